The molecule has 8 heteroatoms. The van der Waals surface area contributed by atoms with E-state index >= 15 is 0 Å². The average Bonchev–Trinajstić information content (AvgIpc) is 3.00. The molecule has 1 aromatic heterocycles. The third-order valence-electron chi connectivity index (χ3n) is 6.39. The lowest BCUT2D eigenvalue weighted by molar-refractivity contribution is 0.418. The van der Waals surface area contributed by atoms with Crippen molar-refractivity contribution in [1.82, 2.24) is 19.7 Å². The molecule has 0 aliphatic heterocycles. The number of hydrogen-bond donors (Lipinski definition) is 0. The van der Waals surface area contributed by atoms with Crippen LogP contribution in [0, 0.1) is 0 Å². The standard InChI is InChI=1S/C24H38N4O2S2/c1-5-21(6-2)32(29,30)22-15-11-12-19(18-22)23-25-26-24(31-17-16-27(3)4)28(23)20-13-9-7-8-10-14-20/h11-12,15,18,20-21H,5-10,13-14,16-17H2,1-4H3. The maximum atomic E-state index is 13.2. The summed E-state index contributed by atoms with van der Waals surface area (Å²) in [5.74, 6) is 1.74. The van der Waals surface area contributed by atoms with Gasteiger partial charge in [-0.25, -0.2) is 8.42 Å². The molecule has 1 aromatic carbocycles. The molecule has 1 fully saturated rings. The van der Waals surface area contributed by atoms with Gasteiger partial charge in [-0.15, -0.1) is 10.2 Å². The summed E-state index contributed by atoms with van der Waals surface area (Å²) < 4.78 is 28.6. The topological polar surface area (TPSA) is 68.1 Å². The highest BCUT2D eigenvalue weighted by atomic mass is 32.2. The van der Waals surface area contributed by atoms with Gasteiger partial charge in [0.25, 0.3) is 0 Å². The van der Waals surface area contributed by atoms with E-state index in [0.29, 0.717) is 23.8 Å². The second-order valence-electron chi connectivity index (χ2n) is 8.98. The molecule has 0 spiro atoms. The molecule has 0 unspecified atom stereocenters. The van der Waals surface area contributed by atoms with Crippen LogP contribution in [0.25, 0.3) is 11.4 Å². The highest BCUT2D eigenvalue weighted by Gasteiger charge is 2.27. The Bertz CT molecular complexity index is 960. The lowest BCUT2D eigenvalue weighted by Gasteiger charge is -2.21. The highest BCUT2D eigenvalue weighted by Crippen LogP contribution is 2.35. The molecule has 1 saturated carbocycles. The summed E-state index contributed by atoms with van der Waals surface area (Å²) >= 11 is 1.74. The Labute approximate surface area is 198 Å². The first kappa shape index (κ1) is 25.2. The van der Waals surface area contributed by atoms with E-state index in [1.165, 1.54) is 25.7 Å². The van der Waals surface area contributed by atoms with Gasteiger partial charge in [-0.1, -0.05) is 63.4 Å². The van der Waals surface area contributed by atoms with Crippen LogP contribution < -0.4 is 0 Å². The summed E-state index contributed by atoms with van der Waals surface area (Å²) in [5, 5.41) is 9.74. The Morgan fingerprint density at radius 1 is 1.09 bits per heavy atom. The van der Waals surface area contributed by atoms with Gasteiger partial charge in [0.2, 0.25) is 0 Å². The van der Waals surface area contributed by atoms with Gasteiger partial charge in [-0.2, -0.15) is 0 Å². The van der Waals surface area contributed by atoms with Gasteiger partial charge in [-0.3, -0.25) is 4.57 Å². The van der Waals surface area contributed by atoms with E-state index in [-0.39, 0.29) is 5.25 Å². The number of rotatable bonds is 10. The SMILES string of the molecule is CCC(CC)S(=O)(=O)c1cccc(-c2nnc(SCCN(C)C)n2C2CCCCCC2)c1. The number of sulfone groups is 1. The Kier molecular flexibility index (Phi) is 9.20. The lowest BCUT2D eigenvalue weighted by atomic mass is 10.1. The van der Waals surface area contributed by atoms with Crippen molar-refractivity contribution < 1.29 is 8.42 Å². The predicted molar refractivity (Wildman–Crippen MR) is 133 cm³/mol. The van der Waals surface area contributed by atoms with E-state index in [9.17, 15) is 8.42 Å². The van der Waals surface area contributed by atoms with Gasteiger partial charge in [0, 0.05) is 23.9 Å². The van der Waals surface area contributed by atoms with Crippen molar-refractivity contribution in [3.8, 4) is 11.4 Å². The number of aromatic nitrogens is 3. The van der Waals surface area contributed by atoms with Crippen molar-refractivity contribution in [2.24, 2.45) is 0 Å². The van der Waals surface area contributed by atoms with Crippen LogP contribution in [0.15, 0.2) is 34.3 Å². The quantitative estimate of drug-likeness (QED) is 0.334. The van der Waals surface area contributed by atoms with Crippen LogP contribution in [-0.4, -0.2) is 59.7 Å². The van der Waals surface area contributed by atoms with Gasteiger partial charge >= 0.3 is 0 Å². The molecule has 32 heavy (non-hydrogen) atoms. The molecule has 2 aromatic rings. The highest BCUT2D eigenvalue weighted by molar-refractivity contribution is 7.99. The van der Waals surface area contributed by atoms with E-state index in [1.54, 1.807) is 23.9 Å². The zero-order valence-corrected chi connectivity index (χ0v) is 21.6. The van der Waals surface area contributed by atoms with Crippen molar-refractivity contribution in [3.63, 3.8) is 0 Å². The maximum Gasteiger partial charge on any atom is 0.191 e. The zero-order valence-electron chi connectivity index (χ0n) is 20.0. The molecule has 0 amide bonds. The first-order valence-corrected chi connectivity index (χ1v) is 14.5. The van der Waals surface area contributed by atoms with Gasteiger partial charge in [0.15, 0.2) is 20.8 Å². The summed E-state index contributed by atoms with van der Waals surface area (Å²) in [6.07, 6.45) is 8.47. The van der Waals surface area contributed by atoms with Crippen molar-refractivity contribution >= 4 is 21.6 Å². The fraction of sp³-hybridized carbons (Fsp3) is 0.667. The van der Waals surface area contributed by atoms with Crippen molar-refractivity contribution in [2.75, 3.05) is 26.4 Å². The normalized spacial score (nSPS) is 16.1. The second kappa shape index (κ2) is 11.7. The molecule has 0 bridgehead atoms. The molecule has 0 N–H and O–H groups in total. The molecule has 178 valence electrons. The first-order chi connectivity index (χ1) is 15.4. The summed E-state index contributed by atoms with van der Waals surface area (Å²) in [6.45, 7) is 4.85. The van der Waals surface area contributed by atoms with Crippen LogP contribution in [0.2, 0.25) is 0 Å². The molecule has 0 saturated heterocycles. The van der Waals surface area contributed by atoms with Crippen molar-refractivity contribution in [2.45, 2.75) is 86.6 Å². The van der Waals surface area contributed by atoms with Crippen LogP contribution in [0.4, 0.5) is 0 Å². The molecule has 6 nitrogen and oxygen atoms in total. The Hall–Kier alpha value is -1.38. The molecule has 1 aliphatic carbocycles. The van der Waals surface area contributed by atoms with Gasteiger partial charge in [0.1, 0.15) is 0 Å². The smallest absolute Gasteiger partial charge is 0.191 e. The number of benzene rings is 1. The fourth-order valence-corrected chi connectivity index (χ4v) is 7.40. The summed E-state index contributed by atoms with van der Waals surface area (Å²) in [7, 11) is 0.794. The van der Waals surface area contributed by atoms with Crippen LogP contribution >= 0.6 is 11.8 Å². The summed E-state index contributed by atoms with van der Waals surface area (Å²) in [4.78, 5) is 2.56. The Morgan fingerprint density at radius 3 is 2.41 bits per heavy atom. The average molecular weight is 479 g/mol. The van der Waals surface area contributed by atoms with Crippen molar-refractivity contribution in [1.29, 1.82) is 0 Å². The van der Waals surface area contributed by atoms with Crippen molar-refractivity contribution in [3.05, 3.63) is 24.3 Å². The van der Waals surface area contributed by atoms with Crippen LogP contribution in [-0.2, 0) is 9.84 Å². The van der Waals surface area contributed by atoms with E-state index in [2.05, 4.69) is 33.8 Å². The van der Waals surface area contributed by atoms with E-state index in [4.69, 9.17) is 0 Å². The summed E-state index contributed by atoms with van der Waals surface area (Å²) in [6, 6.07) is 7.70. The lowest BCUT2D eigenvalue weighted by Crippen LogP contribution is -2.20. The van der Waals surface area contributed by atoms with E-state index < -0.39 is 9.84 Å². The number of nitrogens with zero attached hydrogens (tertiary/aromatic N) is 4. The van der Waals surface area contributed by atoms with Gasteiger partial charge < -0.3 is 4.90 Å². The minimum absolute atomic E-state index is 0.352. The minimum Gasteiger partial charge on any atom is -0.309 e. The molecular formula is C24H38N4O2S2. The molecule has 3 rings (SSSR count). The van der Waals surface area contributed by atoms with E-state index in [1.807, 2.05) is 26.0 Å². The second-order valence-corrected chi connectivity index (χ2v) is 12.3. The van der Waals surface area contributed by atoms with E-state index in [0.717, 1.165) is 41.7 Å². The predicted octanol–water partition coefficient (Wildman–Crippen LogP) is 5.46. The van der Waals surface area contributed by atoms with Crippen LogP contribution in [0.1, 0.15) is 71.3 Å². The molecule has 1 heterocycles. The maximum absolute atomic E-state index is 13.2. The molecular weight excluding hydrogens is 440 g/mol. The zero-order chi connectivity index (χ0) is 23.1. The largest absolute Gasteiger partial charge is 0.309 e. The van der Waals surface area contributed by atoms with Crippen LogP contribution in [0.5, 0.6) is 0 Å². The fourth-order valence-electron chi connectivity index (χ4n) is 4.47. The minimum atomic E-state index is -3.36. The molecule has 0 atom stereocenters. The van der Waals surface area contributed by atoms with Crippen LogP contribution in [0.3, 0.4) is 0 Å². The van der Waals surface area contributed by atoms with Gasteiger partial charge in [-0.05, 0) is 51.9 Å². The Morgan fingerprint density at radius 2 is 1.78 bits per heavy atom. The monoisotopic (exact) mass is 478 g/mol. The Balaban J connectivity index is 2.00. The first-order valence-electron chi connectivity index (χ1n) is 11.9. The molecule has 1 aliphatic rings. The summed E-state index contributed by atoms with van der Waals surface area (Å²) in [5.41, 5.74) is 0.841. The number of hydrogen-bond acceptors (Lipinski definition) is 6. The number of thioether (sulfide) groups is 1. The third-order valence-corrected chi connectivity index (χ3v) is 9.77. The van der Waals surface area contributed by atoms with Gasteiger partial charge in [0.05, 0.1) is 10.1 Å². The molecule has 0 radical (unpaired) electrons. The third kappa shape index (κ3) is 5.94.